The van der Waals surface area contributed by atoms with E-state index in [0.717, 1.165) is 19.6 Å². The minimum atomic E-state index is 0.838. The molecule has 0 spiro atoms. The van der Waals surface area contributed by atoms with Crippen molar-refractivity contribution in [3.63, 3.8) is 0 Å². The SMILES string of the molecule is CCn1ncc(CNCc2cnn(C)c2)c1C. The molecular weight excluding hydrogens is 214 g/mol. The molecule has 2 rings (SSSR count). The molecule has 0 unspecified atom stereocenters. The first-order chi connectivity index (χ1) is 8.20. The summed E-state index contributed by atoms with van der Waals surface area (Å²) in [5, 5.41) is 11.9. The summed E-state index contributed by atoms with van der Waals surface area (Å²) in [6.07, 6.45) is 5.85. The molecule has 0 aromatic carbocycles. The molecule has 0 radical (unpaired) electrons. The summed E-state index contributed by atoms with van der Waals surface area (Å²) in [6, 6.07) is 0. The summed E-state index contributed by atoms with van der Waals surface area (Å²) in [4.78, 5) is 0. The average molecular weight is 233 g/mol. The topological polar surface area (TPSA) is 47.7 Å². The molecule has 0 saturated heterocycles. The number of aromatic nitrogens is 4. The maximum Gasteiger partial charge on any atom is 0.0537 e. The highest BCUT2D eigenvalue weighted by Gasteiger charge is 2.04. The van der Waals surface area contributed by atoms with Crippen LogP contribution in [0.2, 0.25) is 0 Å². The fourth-order valence-electron chi connectivity index (χ4n) is 1.88. The second-order valence-corrected chi connectivity index (χ2v) is 4.20. The quantitative estimate of drug-likeness (QED) is 0.845. The van der Waals surface area contributed by atoms with Gasteiger partial charge in [0.15, 0.2) is 0 Å². The highest BCUT2D eigenvalue weighted by atomic mass is 15.3. The Morgan fingerprint density at radius 3 is 2.65 bits per heavy atom. The zero-order chi connectivity index (χ0) is 12.3. The molecule has 92 valence electrons. The molecule has 0 atom stereocenters. The first-order valence-corrected chi connectivity index (χ1v) is 5.90. The molecular formula is C12H19N5. The van der Waals surface area contributed by atoms with Crippen LogP contribution < -0.4 is 5.32 Å². The molecule has 5 nitrogen and oxygen atoms in total. The van der Waals surface area contributed by atoms with E-state index >= 15 is 0 Å². The van der Waals surface area contributed by atoms with Crippen LogP contribution in [0.4, 0.5) is 0 Å². The third-order valence-corrected chi connectivity index (χ3v) is 2.91. The van der Waals surface area contributed by atoms with Gasteiger partial charge in [-0.05, 0) is 13.8 Å². The van der Waals surface area contributed by atoms with Crippen molar-refractivity contribution in [2.24, 2.45) is 7.05 Å². The number of aryl methyl sites for hydroxylation is 2. The van der Waals surface area contributed by atoms with Crippen LogP contribution in [-0.4, -0.2) is 19.6 Å². The Bertz CT molecular complexity index is 483. The second kappa shape index (κ2) is 5.14. The van der Waals surface area contributed by atoms with E-state index in [4.69, 9.17) is 0 Å². The summed E-state index contributed by atoms with van der Waals surface area (Å²) in [7, 11) is 1.93. The largest absolute Gasteiger partial charge is 0.308 e. The lowest BCUT2D eigenvalue weighted by molar-refractivity contribution is 0.633. The van der Waals surface area contributed by atoms with Crippen LogP contribution in [0.5, 0.6) is 0 Å². The van der Waals surface area contributed by atoms with Crippen LogP contribution in [0, 0.1) is 6.92 Å². The summed E-state index contributed by atoms with van der Waals surface area (Å²) in [5.74, 6) is 0. The number of rotatable bonds is 5. The second-order valence-electron chi connectivity index (χ2n) is 4.20. The lowest BCUT2D eigenvalue weighted by Crippen LogP contribution is -2.13. The van der Waals surface area contributed by atoms with E-state index in [9.17, 15) is 0 Å². The Kier molecular flexibility index (Phi) is 3.58. The minimum Gasteiger partial charge on any atom is -0.308 e. The average Bonchev–Trinajstić information content (AvgIpc) is 2.87. The predicted molar refractivity (Wildman–Crippen MR) is 66.4 cm³/mol. The fourth-order valence-corrected chi connectivity index (χ4v) is 1.88. The smallest absolute Gasteiger partial charge is 0.0537 e. The van der Waals surface area contributed by atoms with Crippen molar-refractivity contribution in [3.8, 4) is 0 Å². The van der Waals surface area contributed by atoms with Crippen molar-refractivity contribution in [1.29, 1.82) is 0 Å². The molecule has 1 N–H and O–H groups in total. The molecule has 0 aliphatic carbocycles. The van der Waals surface area contributed by atoms with Crippen LogP contribution >= 0.6 is 0 Å². The Morgan fingerprint density at radius 2 is 2.06 bits per heavy atom. The molecule has 2 heterocycles. The number of hydrogen-bond donors (Lipinski definition) is 1. The first-order valence-electron chi connectivity index (χ1n) is 5.90. The number of nitrogens with zero attached hydrogens (tertiary/aromatic N) is 4. The number of nitrogens with one attached hydrogen (secondary N) is 1. The monoisotopic (exact) mass is 233 g/mol. The van der Waals surface area contributed by atoms with Gasteiger partial charge in [-0.2, -0.15) is 10.2 Å². The van der Waals surface area contributed by atoms with Gasteiger partial charge in [0, 0.05) is 49.7 Å². The van der Waals surface area contributed by atoms with Gasteiger partial charge in [0.05, 0.1) is 12.4 Å². The number of hydrogen-bond acceptors (Lipinski definition) is 3. The van der Waals surface area contributed by atoms with Gasteiger partial charge in [0.2, 0.25) is 0 Å². The zero-order valence-electron chi connectivity index (χ0n) is 10.6. The van der Waals surface area contributed by atoms with E-state index in [2.05, 4.69) is 29.4 Å². The van der Waals surface area contributed by atoms with E-state index in [-0.39, 0.29) is 0 Å². The third-order valence-electron chi connectivity index (χ3n) is 2.91. The molecule has 5 heteroatoms. The van der Waals surface area contributed by atoms with Gasteiger partial charge in [-0.3, -0.25) is 9.36 Å². The maximum absolute atomic E-state index is 4.32. The molecule has 0 fully saturated rings. The third kappa shape index (κ3) is 2.74. The van der Waals surface area contributed by atoms with Crippen molar-refractivity contribution in [2.45, 2.75) is 33.5 Å². The molecule has 0 saturated carbocycles. The van der Waals surface area contributed by atoms with Crippen LogP contribution in [0.15, 0.2) is 18.6 Å². The van der Waals surface area contributed by atoms with Gasteiger partial charge >= 0.3 is 0 Å². The molecule has 2 aromatic rings. The van der Waals surface area contributed by atoms with E-state index in [0.29, 0.717) is 0 Å². The Hall–Kier alpha value is -1.62. The Labute approximate surface area is 101 Å². The van der Waals surface area contributed by atoms with E-state index in [1.807, 2.05) is 35.0 Å². The molecule has 0 aliphatic rings. The van der Waals surface area contributed by atoms with Gasteiger partial charge < -0.3 is 5.32 Å². The zero-order valence-corrected chi connectivity index (χ0v) is 10.6. The van der Waals surface area contributed by atoms with E-state index in [1.165, 1.54) is 16.8 Å². The fraction of sp³-hybridized carbons (Fsp3) is 0.500. The lowest BCUT2D eigenvalue weighted by Gasteiger charge is -2.03. The van der Waals surface area contributed by atoms with E-state index < -0.39 is 0 Å². The van der Waals surface area contributed by atoms with Crippen molar-refractivity contribution < 1.29 is 0 Å². The lowest BCUT2D eigenvalue weighted by atomic mass is 10.2. The first kappa shape index (κ1) is 11.9. The van der Waals surface area contributed by atoms with Gasteiger partial charge in [-0.25, -0.2) is 0 Å². The van der Waals surface area contributed by atoms with Gasteiger partial charge in [-0.1, -0.05) is 0 Å². The minimum absolute atomic E-state index is 0.838. The molecule has 0 bridgehead atoms. The van der Waals surface area contributed by atoms with Crippen molar-refractivity contribution in [1.82, 2.24) is 24.9 Å². The predicted octanol–water partition coefficient (Wildman–Crippen LogP) is 1.23. The van der Waals surface area contributed by atoms with Crippen LogP contribution in [-0.2, 0) is 26.7 Å². The summed E-state index contributed by atoms with van der Waals surface area (Å²) < 4.78 is 3.83. The summed E-state index contributed by atoms with van der Waals surface area (Å²) in [6.45, 7) is 6.82. The van der Waals surface area contributed by atoms with Gasteiger partial charge in [-0.15, -0.1) is 0 Å². The highest BCUT2D eigenvalue weighted by molar-refractivity contribution is 5.16. The summed E-state index contributed by atoms with van der Waals surface area (Å²) in [5.41, 5.74) is 3.70. The Morgan fingerprint density at radius 1 is 1.24 bits per heavy atom. The molecule has 17 heavy (non-hydrogen) atoms. The highest BCUT2D eigenvalue weighted by Crippen LogP contribution is 2.07. The van der Waals surface area contributed by atoms with Crippen molar-refractivity contribution in [3.05, 3.63) is 35.4 Å². The molecule has 0 amide bonds. The normalized spacial score (nSPS) is 11.0. The Balaban J connectivity index is 1.87. The molecule has 2 aromatic heterocycles. The van der Waals surface area contributed by atoms with Crippen LogP contribution in [0.25, 0.3) is 0 Å². The molecule has 0 aliphatic heterocycles. The van der Waals surface area contributed by atoms with Gasteiger partial charge in [0.1, 0.15) is 0 Å². The van der Waals surface area contributed by atoms with Crippen LogP contribution in [0.1, 0.15) is 23.7 Å². The van der Waals surface area contributed by atoms with E-state index in [1.54, 1.807) is 0 Å². The standard InChI is InChI=1S/C12H19N5/c1-4-17-10(2)12(8-15-17)7-13-5-11-6-14-16(3)9-11/h6,8-9,13H,4-5,7H2,1-3H3. The van der Waals surface area contributed by atoms with Crippen molar-refractivity contribution in [2.75, 3.05) is 0 Å². The van der Waals surface area contributed by atoms with Crippen LogP contribution in [0.3, 0.4) is 0 Å². The maximum atomic E-state index is 4.32. The summed E-state index contributed by atoms with van der Waals surface area (Å²) >= 11 is 0. The van der Waals surface area contributed by atoms with Crippen molar-refractivity contribution >= 4 is 0 Å². The van der Waals surface area contributed by atoms with Gasteiger partial charge in [0.25, 0.3) is 0 Å².